The molecule has 4 rings (SSSR count). The molecule has 7 heteroatoms. The van der Waals surface area contributed by atoms with Crippen LogP contribution in [0.4, 0.5) is 13.2 Å². The zero-order valence-corrected chi connectivity index (χ0v) is 15.1. The molecule has 0 spiro atoms. The lowest BCUT2D eigenvalue weighted by molar-refractivity contribution is -0.137. The van der Waals surface area contributed by atoms with Gasteiger partial charge in [0.25, 0.3) is 0 Å². The van der Waals surface area contributed by atoms with Crippen molar-refractivity contribution in [1.82, 2.24) is 10.2 Å². The van der Waals surface area contributed by atoms with Gasteiger partial charge in [0.05, 0.1) is 25.9 Å². The Kier molecular flexibility index (Phi) is 4.52. The van der Waals surface area contributed by atoms with Gasteiger partial charge in [-0.3, -0.25) is 10.2 Å². The van der Waals surface area contributed by atoms with E-state index in [-0.39, 0.29) is 12.2 Å². The number of halogens is 3. The van der Waals surface area contributed by atoms with E-state index in [0.717, 1.165) is 43.0 Å². The predicted molar refractivity (Wildman–Crippen MR) is 94.9 cm³/mol. The number of hydrogen-bond acceptors (Lipinski definition) is 4. The summed E-state index contributed by atoms with van der Waals surface area (Å²) < 4.78 is 49.3. The van der Waals surface area contributed by atoms with Crippen LogP contribution in [0.3, 0.4) is 0 Å². The first kappa shape index (κ1) is 18.1. The lowest BCUT2D eigenvalue weighted by atomic mass is 9.92. The van der Waals surface area contributed by atoms with Gasteiger partial charge in [-0.05, 0) is 47.4 Å². The highest BCUT2D eigenvalue weighted by molar-refractivity contribution is 5.50. The fourth-order valence-corrected chi connectivity index (χ4v) is 4.09. The Morgan fingerprint density at radius 1 is 1.04 bits per heavy atom. The number of nitrogens with zero attached hydrogens (tertiary/aromatic N) is 1. The number of hydrogen-bond donors (Lipinski definition) is 1. The van der Waals surface area contributed by atoms with Gasteiger partial charge in [-0.1, -0.05) is 12.1 Å². The van der Waals surface area contributed by atoms with E-state index in [0.29, 0.717) is 5.75 Å². The molecule has 2 aromatic rings. The Morgan fingerprint density at radius 2 is 1.70 bits per heavy atom. The molecule has 0 bridgehead atoms. The van der Waals surface area contributed by atoms with Gasteiger partial charge in [0.15, 0.2) is 11.5 Å². The maximum Gasteiger partial charge on any atom is 0.416 e. The first-order valence-corrected chi connectivity index (χ1v) is 8.83. The van der Waals surface area contributed by atoms with E-state index in [2.05, 4.69) is 10.2 Å². The van der Waals surface area contributed by atoms with Crippen LogP contribution in [0.2, 0.25) is 0 Å². The van der Waals surface area contributed by atoms with Gasteiger partial charge < -0.3 is 9.47 Å². The topological polar surface area (TPSA) is 33.7 Å². The van der Waals surface area contributed by atoms with Crippen molar-refractivity contribution < 1.29 is 22.6 Å². The number of alkyl halides is 3. The minimum Gasteiger partial charge on any atom is -0.493 e. The summed E-state index contributed by atoms with van der Waals surface area (Å²) in [5.41, 5.74) is 2.63. The minimum atomic E-state index is -4.32. The molecule has 0 radical (unpaired) electrons. The smallest absolute Gasteiger partial charge is 0.416 e. The standard InChI is InChI=1S/C20H21F3N2O2/c1-26-17-9-13-7-8-25-16(15(13)10-18(17)27-2)11-24-19(25)12-3-5-14(6-4-12)20(21,22)23/h3-6,9-10,16,19,24H,7-8,11H2,1-2H3/t16-,19-/m1/s1. The zero-order chi connectivity index (χ0) is 19.2. The van der Waals surface area contributed by atoms with Crippen molar-refractivity contribution in [2.45, 2.75) is 24.8 Å². The van der Waals surface area contributed by atoms with Crippen LogP contribution in [-0.2, 0) is 12.6 Å². The van der Waals surface area contributed by atoms with Gasteiger partial charge in [-0.15, -0.1) is 0 Å². The third-order valence-corrected chi connectivity index (χ3v) is 5.43. The molecule has 2 aromatic carbocycles. The number of ether oxygens (including phenoxy) is 2. The second-order valence-electron chi connectivity index (χ2n) is 6.84. The van der Waals surface area contributed by atoms with Gasteiger partial charge >= 0.3 is 6.18 Å². The number of rotatable bonds is 3. The average Bonchev–Trinajstić information content (AvgIpc) is 3.10. The van der Waals surface area contributed by atoms with Crippen molar-refractivity contribution in [3.63, 3.8) is 0 Å². The molecule has 0 unspecified atom stereocenters. The molecule has 1 saturated heterocycles. The average molecular weight is 378 g/mol. The lowest BCUT2D eigenvalue weighted by Crippen LogP contribution is -2.34. The summed E-state index contributed by atoms with van der Waals surface area (Å²) in [6.45, 7) is 1.56. The van der Waals surface area contributed by atoms with Gasteiger partial charge in [0.2, 0.25) is 0 Å². The Labute approximate surface area is 155 Å². The monoisotopic (exact) mass is 378 g/mol. The van der Waals surface area contributed by atoms with Crippen LogP contribution in [0.15, 0.2) is 36.4 Å². The van der Waals surface area contributed by atoms with E-state index in [1.807, 2.05) is 12.1 Å². The highest BCUT2D eigenvalue weighted by atomic mass is 19.4. The lowest BCUT2D eigenvalue weighted by Gasteiger charge is -2.35. The molecule has 0 saturated carbocycles. The van der Waals surface area contributed by atoms with Crippen molar-refractivity contribution in [3.05, 3.63) is 58.7 Å². The first-order valence-electron chi connectivity index (χ1n) is 8.83. The molecule has 144 valence electrons. The molecular formula is C20H21F3N2O2. The Morgan fingerprint density at radius 3 is 2.33 bits per heavy atom. The summed E-state index contributed by atoms with van der Waals surface area (Å²) in [5, 5.41) is 3.45. The van der Waals surface area contributed by atoms with Crippen LogP contribution >= 0.6 is 0 Å². The molecule has 4 nitrogen and oxygen atoms in total. The molecule has 1 N–H and O–H groups in total. The van der Waals surface area contributed by atoms with Crippen LogP contribution in [0, 0.1) is 0 Å². The maximum absolute atomic E-state index is 12.8. The van der Waals surface area contributed by atoms with Crippen LogP contribution in [0.5, 0.6) is 11.5 Å². The van der Waals surface area contributed by atoms with Crippen molar-refractivity contribution in [1.29, 1.82) is 0 Å². The molecule has 0 amide bonds. The third-order valence-electron chi connectivity index (χ3n) is 5.43. The molecule has 2 aliphatic heterocycles. The van der Waals surface area contributed by atoms with Gasteiger partial charge in [-0.25, -0.2) is 0 Å². The first-order chi connectivity index (χ1) is 12.9. The molecule has 0 aromatic heterocycles. The van der Waals surface area contributed by atoms with Crippen molar-refractivity contribution >= 4 is 0 Å². The van der Waals surface area contributed by atoms with Crippen molar-refractivity contribution in [2.75, 3.05) is 27.3 Å². The van der Waals surface area contributed by atoms with Gasteiger partial charge in [0.1, 0.15) is 0 Å². The van der Waals surface area contributed by atoms with E-state index >= 15 is 0 Å². The Hall–Kier alpha value is -2.25. The van der Waals surface area contributed by atoms with Crippen LogP contribution in [-0.4, -0.2) is 32.2 Å². The number of nitrogens with one attached hydrogen (secondary N) is 1. The maximum atomic E-state index is 12.8. The van der Waals surface area contributed by atoms with Crippen LogP contribution in [0.25, 0.3) is 0 Å². The fourth-order valence-electron chi connectivity index (χ4n) is 4.09. The van der Waals surface area contributed by atoms with E-state index in [1.165, 1.54) is 11.1 Å². The minimum absolute atomic E-state index is 0.0986. The normalized spacial score (nSPS) is 22.3. The summed E-state index contributed by atoms with van der Waals surface area (Å²) in [4.78, 5) is 2.30. The number of fused-ring (bicyclic) bond motifs is 3. The van der Waals surface area contributed by atoms with E-state index in [1.54, 1.807) is 26.4 Å². The summed E-state index contributed by atoms with van der Waals surface area (Å²) in [6, 6.07) is 9.62. The second-order valence-corrected chi connectivity index (χ2v) is 6.84. The summed E-state index contributed by atoms with van der Waals surface area (Å²) in [5.74, 6) is 1.41. The summed E-state index contributed by atoms with van der Waals surface area (Å²) in [6.07, 6.45) is -3.56. The molecular weight excluding hydrogens is 357 g/mol. The largest absolute Gasteiger partial charge is 0.493 e. The molecule has 2 atom stereocenters. The second kappa shape index (κ2) is 6.73. The number of methoxy groups -OCH3 is 2. The van der Waals surface area contributed by atoms with E-state index in [4.69, 9.17) is 9.47 Å². The molecule has 2 heterocycles. The molecule has 1 fully saturated rings. The highest BCUT2D eigenvalue weighted by Gasteiger charge is 2.39. The van der Waals surface area contributed by atoms with Crippen LogP contribution in [0.1, 0.15) is 34.5 Å². The Balaban J connectivity index is 1.62. The quantitative estimate of drug-likeness (QED) is 0.878. The van der Waals surface area contributed by atoms with E-state index in [9.17, 15) is 13.2 Å². The summed E-state index contributed by atoms with van der Waals surface area (Å²) in [7, 11) is 3.24. The van der Waals surface area contributed by atoms with Gasteiger partial charge in [0, 0.05) is 19.1 Å². The van der Waals surface area contributed by atoms with Crippen LogP contribution < -0.4 is 14.8 Å². The zero-order valence-electron chi connectivity index (χ0n) is 15.1. The Bertz CT molecular complexity index is 836. The molecule has 2 aliphatic rings. The fraction of sp³-hybridized carbons (Fsp3) is 0.400. The van der Waals surface area contributed by atoms with Crippen molar-refractivity contribution in [3.8, 4) is 11.5 Å². The van der Waals surface area contributed by atoms with Gasteiger partial charge in [-0.2, -0.15) is 13.2 Å². The number of benzene rings is 2. The molecule has 0 aliphatic carbocycles. The highest BCUT2D eigenvalue weighted by Crippen LogP contribution is 2.43. The molecule has 27 heavy (non-hydrogen) atoms. The SMILES string of the molecule is COc1cc2c(cc1OC)[C@H]1CN[C@@H](c3ccc(C(F)(F)F)cc3)N1CC2. The van der Waals surface area contributed by atoms with Crippen molar-refractivity contribution in [2.24, 2.45) is 0 Å². The summed E-state index contributed by atoms with van der Waals surface area (Å²) >= 11 is 0. The van der Waals surface area contributed by atoms with E-state index < -0.39 is 11.7 Å². The predicted octanol–water partition coefficient (Wildman–Crippen LogP) is 3.92. The third kappa shape index (κ3) is 3.15.